The van der Waals surface area contributed by atoms with E-state index >= 15 is 0 Å². The molecule has 0 spiro atoms. The number of hydrogen-bond acceptors (Lipinski definition) is 4. The van der Waals surface area contributed by atoms with Crippen molar-refractivity contribution < 1.29 is 0 Å². The second-order valence-electron chi connectivity index (χ2n) is 4.29. The summed E-state index contributed by atoms with van der Waals surface area (Å²) < 4.78 is 0. The molecule has 1 saturated heterocycles. The second-order valence-corrected chi connectivity index (χ2v) is 5.61. The molecule has 0 amide bonds. The summed E-state index contributed by atoms with van der Waals surface area (Å²) in [4.78, 5) is 8.23. The highest BCUT2D eigenvalue weighted by atomic mass is 35.5. The molecule has 1 atom stereocenters. The number of thiazole rings is 1. The fourth-order valence-electron chi connectivity index (χ4n) is 2.21. The molecule has 1 fully saturated rings. The molecule has 2 heterocycles. The number of likely N-dealkylation sites (tertiary alicyclic amines) is 1. The average Bonchev–Trinajstić information content (AvgIpc) is 2.78. The van der Waals surface area contributed by atoms with Crippen LogP contribution in [0.2, 0.25) is 0 Å². The Kier molecular flexibility index (Phi) is 5.69. The zero-order valence-electron chi connectivity index (χ0n) is 9.90. The molecule has 92 valence electrons. The van der Waals surface area contributed by atoms with Gasteiger partial charge in [0.25, 0.3) is 0 Å². The molecule has 1 aliphatic heterocycles. The van der Waals surface area contributed by atoms with Gasteiger partial charge in [-0.3, -0.25) is 4.90 Å². The van der Waals surface area contributed by atoms with E-state index in [0.29, 0.717) is 0 Å². The number of aromatic nitrogens is 1. The summed E-state index contributed by atoms with van der Waals surface area (Å²) in [5.41, 5.74) is 0. The number of nitrogens with one attached hydrogen (secondary N) is 1. The van der Waals surface area contributed by atoms with E-state index in [-0.39, 0.29) is 12.4 Å². The van der Waals surface area contributed by atoms with E-state index in [0.717, 1.165) is 19.0 Å². The Hall–Kier alpha value is -0.160. The fourth-order valence-corrected chi connectivity index (χ4v) is 3.05. The third-order valence-corrected chi connectivity index (χ3v) is 3.81. The van der Waals surface area contributed by atoms with Crippen LogP contribution in [0.1, 0.15) is 16.3 Å². The summed E-state index contributed by atoms with van der Waals surface area (Å²) in [5, 5.41) is 4.44. The van der Waals surface area contributed by atoms with Crippen LogP contribution in [-0.2, 0) is 6.54 Å². The van der Waals surface area contributed by atoms with Crippen LogP contribution in [0.5, 0.6) is 0 Å². The van der Waals surface area contributed by atoms with Gasteiger partial charge in [-0.2, -0.15) is 0 Å². The first kappa shape index (κ1) is 13.9. The van der Waals surface area contributed by atoms with Gasteiger partial charge in [-0.1, -0.05) is 0 Å². The van der Waals surface area contributed by atoms with Crippen molar-refractivity contribution in [3.63, 3.8) is 0 Å². The van der Waals surface area contributed by atoms with Gasteiger partial charge in [0, 0.05) is 24.2 Å². The molecule has 0 aromatic carbocycles. The summed E-state index contributed by atoms with van der Waals surface area (Å²) in [6.07, 6.45) is 3.35. The number of aryl methyl sites for hydroxylation is 1. The summed E-state index contributed by atoms with van der Waals surface area (Å²) in [6.45, 7) is 6.78. The molecule has 0 radical (unpaired) electrons. The third-order valence-electron chi connectivity index (χ3n) is 2.91. The normalized spacial score (nSPS) is 21.0. The molecule has 1 N–H and O–H groups in total. The van der Waals surface area contributed by atoms with Gasteiger partial charge in [0.2, 0.25) is 0 Å². The van der Waals surface area contributed by atoms with E-state index in [9.17, 15) is 0 Å². The second kappa shape index (κ2) is 6.55. The van der Waals surface area contributed by atoms with Crippen LogP contribution in [0.3, 0.4) is 0 Å². The lowest BCUT2D eigenvalue weighted by atomic mass is 10.1. The van der Waals surface area contributed by atoms with Gasteiger partial charge in [0.1, 0.15) is 0 Å². The molecule has 1 aromatic rings. The number of rotatable bonds is 4. The summed E-state index contributed by atoms with van der Waals surface area (Å²) in [5.74, 6) is 0.837. The molecule has 3 nitrogen and oxygen atoms in total. The van der Waals surface area contributed by atoms with Crippen molar-refractivity contribution in [1.82, 2.24) is 15.2 Å². The van der Waals surface area contributed by atoms with Gasteiger partial charge in [-0.25, -0.2) is 4.98 Å². The first-order valence-electron chi connectivity index (χ1n) is 5.56. The van der Waals surface area contributed by atoms with Crippen LogP contribution in [0, 0.1) is 12.8 Å². The molecular weight excluding hydrogens is 242 g/mol. The smallest absolute Gasteiger partial charge is 0.0897 e. The number of nitrogens with zero attached hydrogens (tertiary/aromatic N) is 2. The maximum Gasteiger partial charge on any atom is 0.0897 e. The standard InChI is InChI=1S/C11H19N3S.ClH/c1-9-13-6-11(15-9)8-14-4-3-10(7-14)5-12-2;/h6,10,12H,3-5,7-8H2,1-2H3;1H. The van der Waals surface area contributed by atoms with E-state index in [4.69, 9.17) is 0 Å². The Labute approximate surface area is 108 Å². The lowest BCUT2D eigenvalue weighted by Crippen LogP contribution is -2.24. The zero-order chi connectivity index (χ0) is 10.7. The summed E-state index contributed by atoms with van der Waals surface area (Å²) in [6, 6.07) is 0. The highest BCUT2D eigenvalue weighted by Gasteiger charge is 2.21. The molecule has 2 rings (SSSR count). The minimum absolute atomic E-state index is 0. The molecule has 0 bridgehead atoms. The van der Waals surface area contributed by atoms with Gasteiger partial charge >= 0.3 is 0 Å². The monoisotopic (exact) mass is 261 g/mol. The Balaban J connectivity index is 0.00000128. The number of hydrogen-bond donors (Lipinski definition) is 1. The van der Waals surface area contributed by atoms with E-state index < -0.39 is 0 Å². The van der Waals surface area contributed by atoms with Crippen molar-refractivity contribution in [2.24, 2.45) is 5.92 Å². The Morgan fingerprint density at radius 3 is 3.06 bits per heavy atom. The van der Waals surface area contributed by atoms with Gasteiger partial charge in [-0.15, -0.1) is 23.7 Å². The van der Waals surface area contributed by atoms with Crippen molar-refractivity contribution in [2.75, 3.05) is 26.7 Å². The van der Waals surface area contributed by atoms with Crippen LogP contribution in [0.15, 0.2) is 6.20 Å². The Bertz CT molecular complexity index is 316. The number of halogens is 1. The van der Waals surface area contributed by atoms with E-state index in [1.165, 1.54) is 29.4 Å². The van der Waals surface area contributed by atoms with Gasteiger partial charge in [0.15, 0.2) is 0 Å². The first-order valence-corrected chi connectivity index (χ1v) is 6.38. The molecule has 0 aliphatic carbocycles. The van der Waals surface area contributed by atoms with E-state index in [1.54, 1.807) is 0 Å². The van der Waals surface area contributed by atoms with Crippen LogP contribution in [-0.4, -0.2) is 36.6 Å². The van der Waals surface area contributed by atoms with E-state index in [2.05, 4.69) is 22.1 Å². The predicted molar refractivity (Wildman–Crippen MR) is 71.4 cm³/mol. The van der Waals surface area contributed by atoms with Crippen LogP contribution < -0.4 is 5.32 Å². The SMILES string of the molecule is CNCC1CCN(Cc2cnc(C)s2)C1.Cl. The van der Waals surface area contributed by atoms with Crippen LogP contribution >= 0.6 is 23.7 Å². The van der Waals surface area contributed by atoms with Crippen molar-refractivity contribution in [3.05, 3.63) is 16.1 Å². The summed E-state index contributed by atoms with van der Waals surface area (Å²) in [7, 11) is 2.04. The van der Waals surface area contributed by atoms with Crippen LogP contribution in [0.4, 0.5) is 0 Å². The highest BCUT2D eigenvalue weighted by molar-refractivity contribution is 7.11. The topological polar surface area (TPSA) is 28.2 Å². The summed E-state index contributed by atoms with van der Waals surface area (Å²) >= 11 is 1.82. The largest absolute Gasteiger partial charge is 0.319 e. The molecule has 16 heavy (non-hydrogen) atoms. The average molecular weight is 262 g/mol. The highest BCUT2D eigenvalue weighted by Crippen LogP contribution is 2.20. The molecule has 1 aliphatic rings. The molecule has 5 heteroatoms. The van der Waals surface area contributed by atoms with Crippen molar-refractivity contribution >= 4 is 23.7 Å². The third kappa shape index (κ3) is 3.70. The van der Waals surface area contributed by atoms with Crippen LogP contribution in [0.25, 0.3) is 0 Å². The van der Waals surface area contributed by atoms with Gasteiger partial charge in [-0.05, 0) is 39.4 Å². The maximum atomic E-state index is 4.29. The maximum absolute atomic E-state index is 4.29. The van der Waals surface area contributed by atoms with Crippen molar-refractivity contribution in [1.29, 1.82) is 0 Å². The Morgan fingerprint density at radius 2 is 2.44 bits per heavy atom. The zero-order valence-corrected chi connectivity index (χ0v) is 11.5. The quantitative estimate of drug-likeness (QED) is 0.898. The Morgan fingerprint density at radius 1 is 1.62 bits per heavy atom. The first-order chi connectivity index (χ1) is 7.28. The lowest BCUT2D eigenvalue weighted by molar-refractivity contribution is 0.318. The van der Waals surface area contributed by atoms with E-state index in [1.807, 2.05) is 24.6 Å². The lowest BCUT2D eigenvalue weighted by Gasteiger charge is -2.14. The van der Waals surface area contributed by atoms with Crippen molar-refractivity contribution in [3.8, 4) is 0 Å². The van der Waals surface area contributed by atoms with Gasteiger partial charge in [0.05, 0.1) is 5.01 Å². The fraction of sp³-hybridized carbons (Fsp3) is 0.727. The van der Waals surface area contributed by atoms with Crippen molar-refractivity contribution in [2.45, 2.75) is 19.9 Å². The molecule has 0 saturated carbocycles. The van der Waals surface area contributed by atoms with Gasteiger partial charge < -0.3 is 5.32 Å². The molecule has 1 aromatic heterocycles. The predicted octanol–water partition coefficient (Wildman–Crippen LogP) is 1.91. The minimum atomic E-state index is 0. The molecular formula is C11H20ClN3S. The minimum Gasteiger partial charge on any atom is -0.319 e. The molecule has 1 unspecified atom stereocenters.